The summed E-state index contributed by atoms with van der Waals surface area (Å²) in [4.78, 5) is 25.8. The van der Waals surface area contributed by atoms with Gasteiger partial charge in [0.05, 0.1) is 6.61 Å². The smallest absolute Gasteiger partial charge is 0.254 e. The summed E-state index contributed by atoms with van der Waals surface area (Å²) in [6.45, 7) is 4.54. The van der Waals surface area contributed by atoms with E-state index in [1.165, 1.54) is 12.5 Å². The van der Waals surface area contributed by atoms with Crippen molar-refractivity contribution in [2.24, 2.45) is 0 Å². The van der Waals surface area contributed by atoms with Crippen LogP contribution in [0.5, 0.6) is 5.75 Å². The first-order chi connectivity index (χ1) is 12.1. The fourth-order valence-corrected chi connectivity index (χ4v) is 3.01. The van der Waals surface area contributed by atoms with Crippen LogP contribution in [0.15, 0.2) is 48.5 Å². The minimum Gasteiger partial charge on any atom is -0.494 e. The molecule has 2 aromatic carbocycles. The van der Waals surface area contributed by atoms with E-state index in [2.05, 4.69) is 5.32 Å². The number of nitrogens with zero attached hydrogens (tertiary/aromatic N) is 1. The Hall–Kier alpha value is -2.82. The third-order valence-corrected chi connectivity index (χ3v) is 4.21. The van der Waals surface area contributed by atoms with Crippen molar-refractivity contribution in [2.75, 3.05) is 18.1 Å². The molecular weight excluding hydrogens is 316 g/mol. The number of hydrogen-bond acceptors (Lipinski definition) is 3. The van der Waals surface area contributed by atoms with Gasteiger partial charge < -0.3 is 15.0 Å². The van der Waals surface area contributed by atoms with Crippen LogP contribution in [0.3, 0.4) is 0 Å². The molecule has 2 amide bonds. The number of carbonyl (C=O) groups excluding carboxylic acids is 2. The van der Waals surface area contributed by atoms with Crippen LogP contribution in [0.4, 0.5) is 5.69 Å². The summed E-state index contributed by atoms with van der Waals surface area (Å²) in [5, 5.41) is 2.74. The Balaban J connectivity index is 1.61. The number of amides is 2. The molecule has 0 aromatic heterocycles. The molecule has 2 aromatic rings. The van der Waals surface area contributed by atoms with Gasteiger partial charge in [-0.2, -0.15) is 0 Å². The Kier molecular flexibility index (Phi) is 5.03. The molecule has 0 spiro atoms. The van der Waals surface area contributed by atoms with Gasteiger partial charge in [-0.15, -0.1) is 0 Å². The number of rotatable bonds is 6. The molecule has 0 unspecified atom stereocenters. The number of hydrogen-bond donors (Lipinski definition) is 1. The number of fused-ring (bicyclic) bond motifs is 1. The van der Waals surface area contributed by atoms with Gasteiger partial charge in [0, 0.05) is 24.7 Å². The number of benzene rings is 2. The summed E-state index contributed by atoms with van der Waals surface area (Å²) in [6.07, 6.45) is 0.709. The number of para-hydroxylation sites is 1. The van der Waals surface area contributed by atoms with E-state index in [-0.39, 0.29) is 11.8 Å². The monoisotopic (exact) mass is 338 g/mol. The highest BCUT2D eigenvalue weighted by Gasteiger charge is 2.37. The Bertz CT molecular complexity index is 771. The molecule has 130 valence electrons. The summed E-state index contributed by atoms with van der Waals surface area (Å²) < 4.78 is 5.73. The minimum atomic E-state index is -0.591. The van der Waals surface area contributed by atoms with Gasteiger partial charge in [-0.05, 0) is 31.5 Å². The van der Waals surface area contributed by atoms with Crippen LogP contribution in [0, 0.1) is 6.92 Å². The van der Waals surface area contributed by atoms with Crippen molar-refractivity contribution in [3.8, 4) is 5.75 Å². The first-order valence-corrected chi connectivity index (χ1v) is 8.43. The summed E-state index contributed by atoms with van der Waals surface area (Å²) in [7, 11) is 0. The summed E-state index contributed by atoms with van der Waals surface area (Å²) >= 11 is 0. The van der Waals surface area contributed by atoms with Gasteiger partial charge in [-0.3, -0.25) is 9.59 Å². The van der Waals surface area contributed by atoms with Gasteiger partial charge in [-0.1, -0.05) is 35.9 Å². The molecule has 0 saturated carbocycles. The molecule has 5 heteroatoms. The summed E-state index contributed by atoms with van der Waals surface area (Å²) in [5.74, 6) is 0.527. The molecule has 3 rings (SSSR count). The zero-order chi connectivity index (χ0) is 17.8. The fraction of sp³-hybridized carbons (Fsp3) is 0.300. The van der Waals surface area contributed by atoms with Crippen LogP contribution >= 0.6 is 0 Å². The molecule has 0 bridgehead atoms. The van der Waals surface area contributed by atoms with Gasteiger partial charge >= 0.3 is 0 Å². The van der Waals surface area contributed by atoms with Crippen molar-refractivity contribution < 1.29 is 14.3 Å². The van der Waals surface area contributed by atoms with Crippen molar-refractivity contribution in [3.63, 3.8) is 0 Å². The lowest BCUT2D eigenvalue weighted by Crippen LogP contribution is -2.37. The Morgan fingerprint density at radius 2 is 1.88 bits per heavy atom. The average molecular weight is 338 g/mol. The maximum Gasteiger partial charge on any atom is 0.254 e. The van der Waals surface area contributed by atoms with Crippen LogP contribution < -0.4 is 15.0 Å². The maximum atomic E-state index is 12.7. The summed E-state index contributed by atoms with van der Waals surface area (Å²) in [6, 6.07) is 14.9. The zero-order valence-electron chi connectivity index (χ0n) is 14.5. The van der Waals surface area contributed by atoms with Crippen molar-refractivity contribution >= 4 is 17.5 Å². The van der Waals surface area contributed by atoms with E-state index in [1.54, 1.807) is 4.90 Å². The molecule has 0 saturated heterocycles. The normalized spacial score (nSPS) is 15.8. The topological polar surface area (TPSA) is 58.6 Å². The standard InChI is InChI=1S/C20H22N2O3/c1-14-8-10-16(11-9-14)25-13-5-12-22-18-7-4-3-6-17(18)19(20(22)24)21-15(2)23/h3-4,6-11,19H,5,12-13H2,1-2H3,(H,21,23)/t19-/m1/s1. The van der Waals surface area contributed by atoms with Crippen molar-refractivity contribution in [1.82, 2.24) is 5.32 Å². The van der Waals surface area contributed by atoms with Gasteiger partial charge in [0.25, 0.3) is 5.91 Å². The molecule has 1 aliphatic rings. The number of nitrogens with one attached hydrogen (secondary N) is 1. The van der Waals surface area contributed by atoms with Gasteiger partial charge in [0.1, 0.15) is 11.8 Å². The predicted octanol–water partition coefficient (Wildman–Crippen LogP) is 2.99. The molecule has 1 aliphatic heterocycles. The molecule has 0 aliphatic carbocycles. The molecule has 5 nitrogen and oxygen atoms in total. The molecule has 0 radical (unpaired) electrons. The molecule has 1 atom stereocenters. The molecule has 1 heterocycles. The molecule has 1 N–H and O–H groups in total. The molecular formula is C20H22N2O3. The third kappa shape index (κ3) is 3.82. The fourth-order valence-electron chi connectivity index (χ4n) is 3.01. The lowest BCUT2D eigenvalue weighted by Gasteiger charge is -2.18. The lowest BCUT2D eigenvalue weighted by molar-refractivity contribution is -0.126. The van der Waals surface area contributed by atoms with Crippen LogP contribution in [-0.2, 0) is 9.59 Å². The molecule has 0 fully saturated rings. The average Bonchev–Trinajstić information content (AvgIpc) is 2.85. The highest BCUT2D eigenvalue weighted by Crippen LogP contribution is 2.35. The van der Waals surface area contributed by atoms with E-state index in [1.807, 2.05) is 55.5 Å². The van der Waals surface area contributed by atoms with E-state index in [4.69, 9.17) is 4.74 Å². The van der Waals surface area contributed by atoms with Crippen LogP contribution in [0.25, 0.3) is 0 Å². The molecule has 25 heavy (non-hydrogen) atoms. The second kappa shape index (κ2) is 7.38. The zero-order valence-corrected chi connectivity index (χ0v) is 14.5. The second-order valence-electron chi connectivity index (χ2n) is 6.20. The van der Waals surface area contributed by atoms with Gasteiger partial charge in [0.2, 0.25) is 5.91 Å². The highest BCUT2D eigenvalue weighted by atomic mass is 16.5. The largest absolute Gasteiger partial charge is 0.494 e. The van der Waals surface area contributed by atoms with E-state index in [0.29, 0.717) is 19.6 Å². The number of aryl methyl sites for hydroxylation is 1. The Morgan fingerprint density at radius 1 is 1.16 bits per heavy atom. The van der Waals surface area contributed by atoms with E-state index in [0.717, 1.165) is 17.0 Å². The number of ether oxygens (including phenoxy) is 1. The van der Waals surface area contributed by atoms with Crippen molar-refractivity contribution in [1.29, 1.82) is 0 Å². The Labute approximate surface area is 147 Å². The SMILES string of the molecule is CC(=O)N[C@H]1C(=O)N(CCCOc2ccc(C)cc2)c2ccccc21. The maximum absolute atomic E-state index is 12.7. The van der Waals surface area contributed by atoms with E-state index < -0.39 is 6.04 Å². The quantitative estimate of drug-likeness (QED) is 0.824. The number of anilines is 1. The van der Waals surface area contributed by atoms with Crippen molar-refractivity contribution in [2.45, 2.75) is 26.3 Å². The minimum absolute atomic E-state index is 0.0910. The predicted molar refractivity (Wildman–Crippen MR) is 96.6 cm³/mol. The van der Waals surface area contributed by atoms with Crippen molar-refractivity contribution in [3.05, 3.63) is 59.7 Å². The van der Waals surface area contributed by atoms with Crippen LogP contribution in [-0.4, -0.2) is 25.0 Å². The van der Waals surface area contributed by atoms with Crippen LogP contribution in [0.1, 0.15) is 30.5 Å². The summed E-state index contributed by atoms with van der Waals surface area (Å²) in [5.41, 5.74) is 2.90. The first kappa shape index (κ1) is 17.0. The first-order valence-electron chi connectivity index (χ1n) is 8.43. The lowest BCUT2D eigenvalue weighted by atomic mass is 10.1. The van der Waals surface area contributed by atoms with E-state index in [9.17, 15) is 9.59 Å². The van der Waals surface area contributed by atoms with Gasteiger partial charge in [-0.25, -0.2) is 0 Å². The number of carbonyl (C=O) groups is 2. The third-order valence-electron chi connectivity index (χ3n) is 4.21. The van der Waals surface area contributed by atoms with Gasteiger partial charge in [0.15, 0.2) is 0 Å². The highest BCUT2D eigenvalue weighted by molar-refractivity contribution is 6.06. The van der Waals surface area contributed by atoms with E-state index >= 15 is 0 Å². The second-order valence-corrected chi connectivity index (χ2v) is 6.20. The Morgan fingerprint density at radius 3 is 2.60 bits per heavy atom. The van der Waals surface area contributed by atoms with Crippen LogP contribution in [0.2, 0.25) is 0 Å².